The Morgan fingerprint density at radius 2 is 1.04 bits per heavy atom. The molecule has 2 N–H and O–H groups in total. The molecule has 23 heavy (non-hydrogen) atoms. The van der Waals surface area contributed by atoms with Crippen LogP contribution in [0.15, 0.2) is 58.3 Å². The summed E-state index contributed by atoms with van der Waals surface area (Å²) >= 11 is 2.89. The van der Waals surface area contributed by atoms with Crippen LogP contribution in [0.1, 0.15) is 20.7 Å². The number of carbonyl (C=O) groups is 2. The predicted octanol–water partition coefficient (Wildman–Crippen LogP) is 4.21. The Kier molecular flexibility index (Phi) is 10.7. The predicted molar refractivity (Wildman–Crippen MR) is 90.4 cm³/mol. The van der Waals surface area contributed by atoms with E-state index in [4.69, 9.17) is 10.2 Å². The van der Waals surface area contributed by atoms with Gasteiger partial charge in [0.25, 0.3) is 0 Å². The Morgan fingerprint density at radius 3 is 1.26 bits per heavy atom. The molecule has 0 heterocycles. The van der Waals surface area contributed by atoms with E-state index in [1.807, 2.05) is 24.6 Å². The quantitative estimate of drug-likeness (QED) is 0.546. The second-order valence-electron chi connectivity index (χ2n) is 4.01. The Hall–Kier alpha value is -1.26. The van der Waals surface area contributed by atoms with Crippen molar-refractivity contribution >= 4 is 35.5 Å². The maximum absolute atomic E-state index is 10.6. The van der Waals surface area contributed by atoms with Gasteiger partial charge in [-0.2, -0.15) is 0 Å². The summed E-state index contributed by atoms with van der Waals surface area (Å²) in [6.07, 6.45) is 3.73. The molecule has 0 atom stereocenters. The van der Waals surface area contributed by atoms with Crippen LogP contribution >= 0.6 is 23.5 Å². The summed E-state index contributed by atoms with van der Waals surface area (Å²) in [5.41, 5.74) is 0.750. The van der Waals surface area contributed by atoms with Crippen LogP contribution < -0.4 is 0 Å². The number of benzene rings is 2. The van der Waals surface area contributed by atoms with E-state index in [0.717, 1.165) is 9.79 Å². The first kappa shape index (κ1) is 21.7. The van der Waals surface area contributed by atoms with Crippen LogP contribution in [0.2, 0.25) is 0 Å². The zero-order valence-corrected chi connectivity index (χ0v) is 15.7. The molecule has 2 aromatic rings. The monoisotopic (exact) mass is 442 g/mol. The molecular weight excluding hydrogens is 427 g/mol. The summed E-state index contributed by atoms with van der Waals surface area (Å²) < 4.78 is 0. The van der Waals surface area contributed by atoms with E-state index in [1.54, 1.807) is 36.4 Å². The number of hydrogen-bond donors (Lipinski definition) is 2. The van der Waals surface area contributed by atoms with Crippen molar-refractivity contribution in [2.45, 2.75) is 9.79 Å². The minimum Gasteiger partial charge on any atom is -0.478 e. The smallest absolute Gasteiger partial charge is 0.336 e. The van der Waals surface area contributed by atoms with Gasteiger partial charge in [0.05, 0.1) is 11.1 Å². The zero-order valence-electron chi connectivity index (χ0n) is 12.5. The molecule has 0 radical (unpaired) electrons. The first-order valence-electron chi connectivity index (χ1n) is 6.23. The van der Waals surface area contributed by atoms with Crippen molar-refractivity contribution in [1.82, 2.24) is 0 Å². The third kappa shape index (κ3) is 6.80. The van der Waals surface area contributed by atoms with Crippen molar-refractivity contribution in [2.24, 2.45) is 0 Å². The fraction of sp³-hybridized carbons (Fsp3) is 0.125. The first-order chi connectivity index (χ1) is 10.5. The third-order valence-electron chi connectivity index (χ3n) is 2.67. The summed E-state index contributed by atoms with van der Waals surface area (Å²) in [6.45, 7) is 0. The van der Waals surface area contributed by atoms with Crippen LogP contribution in [0.5, 0.6) is 0 Å². The fourth-order valence-corrected chi connectivity index (χ4v) is 2.82. The van der Waals surface area contributed by atoms with Crippen molar-refractivity contribution in [3.8, 4) is 0 Å². The molecule has 0 bridgehead atoms. The number of hydrogen-bond acceptors (Lipinski definition) is 4. The molecule has 2 rings (SSSR count). The molecule has 0 aromatic heterocycles. The Labute approximate surface area is 157 Å². The second-order valence-corrected chi connectivity index (χ2v) is 5.71. The van der Waals surface area contributed by atoms with E-state index in [2.05, 4.69) is 0 Å². The van der Waals surface area contributed by atoms with E-state index in [9.17, 15) is 9.59 Å². The molecule has 4 nitrogen and oxygen atoms in total. The maximum Gasteiger partial charge on any atom is 0.336 e. The first-order valence-corrected chi connectivity index (χ1v) is 8.68. The van der Waals surface area contributed by atoms with Gasteiger partial charge < -0.3 is 10.2 Å². The van der Waals surface area contributed by atoms with E-state index >= 15 is 0 Å². The van der Waals surface area contributed by atoms with Gasteiger partial charge in [0.15, 0.2) is 0 Å². The van der Waals surface area contributed by atoms with Crippen LogP contribution in [0.4, 0.5) is 0 Å². The number of aromatic carboxylic acids is 2. The van der Waals surface area contributed by atoms with Gasteiger partial charge in [0.2, 0.25) is 0 Å². The molecule has 0 fully saturated rings. The SMILES string of the molecule is CSc1ccccc1C(=O)O.CSc1ccccc1C(=O)O.[Pd]. The molecule has 7 heteroatoms. The number of carboxylic acids is 2. The van der Waals surface area contributed by atoms with Crippen molar-refractivity contribution in [3.63, 3.8) is 0 Å². The average Bonchev–Trinajstić information content (AvgIpc) is 2.55. The summed E-state index contributed by atoms with van der Waals surface area (Å²) in [4.78, 5) is 22.7. The van der Waals surface area contributed by atoms with Crippen LogP contribution in [-0.4, -0.2) is 34.7 Å². The van der Waals surface area contributed by atoms with Crippen molar-refractivity contribution < 1.29 is 40.2 Å². The van der Waals surface area contributed by atoms with Gasteiger partial charge in [0.1, 0.15) is 0 Å². The molecule has 0 unspecified atom stereocenters. The number of thioether (sulfide) groups is 2. The summed E-state index contributed by atoms with van der Waals surface area (Å²) in [5, 5.41) is 17.4. The minimum absolute atomic E-state index is 0. The van der Waals surface area contributed by atoms with Gasteiger partial charge in [-0.25, -0.2) is 9.59 Å². The largest absolute Gasteiger partial charge is 0.478 e. The summed E-state index contributed by atoms with van der Waals surface area (Å²) in [5.74, 6) is -1.73. The van der Waals surface area contributed by atoms with Gasteiger partial charge in [0, 0.05) is 30.2 Å². The molecule has 0 aliphatic heterocycles. The Bertz CT molecular complexity index is 605. The molecule has 0 amide bonds. The molecule has 0 saturated heterocycles. The van der Waals surface area contributed by atoms with Crippen LogP contribution in [-0.2, 0) is 20.4 Å². The molecule has 0 aliphatic rings. The van der Waals surface area contributed by atoms with Gasteiger partial charge in [-0.05, 0) is 36.8 Å². The Balaban J connectivity index is 0.000000403. The van der Waals surface area contributed by atoms with Crippen LogP contribution in [0.25, 0.3) is 0 Å². The summed E-state index contributed by atoms with van der Waals surface area (Å²) in [6, 6.07) is 13.9. The topological polar surface area (TPSA) is 74.6 Å². The number of rotatable bonds is 4. The molecule has 0 aliphatic carbocycles. The number of carboxylic acid groups (broad SMARTS) is 2. The van der Waals surface area contributed by atoms with Gasteiger partial charge in [-0.3, -0.25) is 0 Å². The minimum atomic E-state index is -0.866. The van der Waals surface area contributed by atoms with Gasteiger partial charge in [-0.1, -0.05) is 24.3 Å². The maximum atomic E-state index is 10.6. The van der Waals surface area contributed by atoms with Crippen molar-refractivity contribution in [2.75, 3.05) is 12.5 Å². The van der Waals surface area contributed by atoms with E-state index in [-0.39, 0.29) is 20.4 Å². The van der Waals surface area contributed by atoms with Gasteiger partial charge in [-0.15, -0.1) is 23.5 Å². The molecular formula is C16H16O4PdS2. The van der Waals surface area contributed by atoms with Crippen molar-refractivity contribution in [1.29, 1.82) is 0 Å². The fourth-order valence-electron chi connectivity index (χ4n) is 1.64. The molecule has 0 spiro atoms. The van der Waals surface area contributed by atoms with Crippen molar-refractivity contribution in [3.05, 3.63) is 59.7 Å². The average molecular weight is 443 g/mol. The Morgan fingerprint density at radius 1 is 0.739 bits per heavy atom. The normalized spacial score (nSPS) is 9.13. The third-order valence-corrected chi connectivity index (χ3v) is 4.27. The van der Waals surface area contributed by atoms with E-state index < -0.39 is 11.9 Å². The van der Waals surface area contributed by atoms with E-state index in [1.165, 1.54) is 23.5 Å². The second kappa shape index (κ2) is 11.3. The van der Waals surface area contributed by atoms with Crippen LogP contribution in [0.3, 0.4) is 0 Å². The van der Waals surface area contributed by atoms with Gasteiger partial charge >= 0.3 is 11.9 Å². The van der Waals surface area contributed by atoms with E-state index in [0.29, 0.717) is 11.1 Å². The molecule has 126 valence electrons. The molecule has 2 aromatic carbocycles. The standard InChI is InChI=1S/2C8H8O2S.Pd/c2*1-11-7-5-3-2-4-6(7)8(9)10;/h2*2-5H,1H3,(H,9,10);. The summed E-state index contributed by atoms with van der Waals surface area (Å²) in [7, 11) is 0. The van der Waals surface area contributed by atoms with Crippen LogP contribution in [0, 0.1) is 0 Å². The molecule has 0 saturated carbocycles. The zero-order chi connectivity index (χ0) is 16.5.